The quantitative estimate of drug-likeness (QED) is 0.605. The average molecular weight is 276 g/mol. The van der Waals surface area contributed by atoms with E-state index in [9.17, 15) is 19.8 Å². The minimum absolute atomic E-state index is 0.0634. The van der Waals surface area contributed by atoms with Crippen LogP contribution in [-0.2, 0) is 4.79 Å². The van der Waals surface area contributed by atoms with Crippen molar-refractivity contribution in [1.29, 1.82) is 0 Å². The van der Waals surface area contributed by atoms with Crippen LogP contribution in [0.15, 0.2) is 42.5 Å². The van der Waals surface area contributed by atoms with E-state index in [-0.39, 0.29) is 5.56 Å². The van der Waals surface area contributed by atoms with Crippen molar-refractivity contribution in [2.45, 2.75) is 5.79 Å². The highest BCUT2D eigenvalue weighted by molar-refractivity contribution is 5.90. The minimum atomic E-state index is -2.46. The second kappa shape index (κ2) is 4.92. The number of aromatic carboxylic acids is 1. The second-order valence-corrected chi connectivity index (χ2v) is 4.44. The number of carbonyl (C=O) groups is 2. The maximum Gasteiger partial charge on any atom is 0.335 e. The number of allylic oxidation sites excluding steroid dienone is 2. The van der Waals surface area contributed by atoms with Gasteiger partial charge in [0.2, 0.25) is 0 Å². The lowest BCUT2D eigenvalue weighted by atomic mass is 9.87. The number of benzene rings is 1. The molecule has 1 aliphatic carbocycles. The van der Waals surface area contributed by atoms with Crippen LogP contribution in [0.1, 0.15) is 15.9 Å². The molecular weight excluding hydrogens is 264 g/mol. The fourth-order valence-electron chi connectivity index (χ4n) is 1.95. The normalized spacial score (nSPS) is 20.3. The van der Waals surface area contributed by atoms with Gasteiger partial charge in [0.05, 0.1) is 5.56 Å². The molecule has 0 fully saturated rings. The fraction of sp³-hybridized carbons (Fsp3) is 0.143. The first-order valence-corrected chi connectivity index (χ1v) is 5.73. The molecule has 0 spiro atoms. The predicted molar refractivity (Wildman–Crippen MR) is 68.8 cm³/mol. The molecule has 0 bridgehead atoms. The zero-order valence-corrected chi connectivity index (χ0v) is 10.2. The zero-order chi connectivity index (χ0) is 14.9. The van der Waals surface area contributed by atoms with E-state index in [2.05, 4.69) is 0 Å². The molecule has 0 aliphatic heterocycles. The van der Waals surface area contributed by atoms with Crippen molar-refractivity contribution >= 4 is 17.5 Å². The Balaban J connectivity index is 2.43. The molecule has 104 valence electrons. The van der Waals surface area contributed by atoms with Crippen LogP contribution in [0.5, 0.6) is 0 Å². The molecule has 1 aromatic rings. The SMILES string of the molecule is O=C(O)c1cccc(C2=CC(C(=O)O)C(O)(O)C=C2)c1. The van der Waals surface area contributed by atoms with Crippen LogP contribution in [0.4, 0.5) is 0 Å². The standard InChI is InChI=1S/C14H12O6/c15-12(16)10-3-1-2-8(6-10)9-4-5-14(19,20)11(7-9)13(17)18/h1-7,11,19-20H,(H,15,16)(H,17,18). The van der Waals surface area contributed by atoms with E-state index >= 15 is 0 Å². The lowest BCUT2D eigenvalue weighted by Crippen LogP contribution is -2.40. The molecule has 6 heteroatoms. The number of rotatable bonds is 3. The van der Waals surface area contributed by atoms with Gasteiger partial charge in [-0.2, -0.15) is 0 Å². The Labute approximate surface area is 113 Å². The van der Waals surface area contributed by atoms with Crippen LogP contribution in [0.3, 0.4) is 0 Å². The maximum absolute atomic E-state index is 11.0. The molecule has 0 saturated heterocycles. The number of carboxylic acids is 2. The summed E-state index contributed by atoms with van der Waals surface area (Å²) in [5.74, 6) is -6.46. The third kappa shape index (κ3) is 2.61. The van der Waals surface area contributed by atoms with E-state index in [1.54, 1.807) is 6.07 Å². The molecule has 6 nitrogen and oxygen atoms in total. The van der Waals surface area contributed by atoms with Gasteiger partial charge in [0.1, 0.15) is 5.92 Å². The van der Waals surface area contributed by atoms with E-state index in [1.165, 1.54) is 30.4 Å². The Morgan fingerprint density at radius 2 is 1.85 bits per heavy atom. The van der Waals surface area contributed by atoms with Crippen LogP contribution < -0.4 is 0 Å². The lowest BCUT2D eigenvalue weighted by Gasteiger charge is -2.27. The summed E-state index contributed by atoms with van der Waals surface area (Å²) in [5.41, 5.74) is 0.968. The molecule has 2 rings (SSSR count). The van der Waals surface area contributed by atoms with Gasteiger partial charge in [0.25, 0.3) is 0 Å². The van der Waals surface area contributed by atoms with Crippen LogP contribution in [0, 0.1) is 5.92 Å². The van der Waals surface area contributed by atoms with Gasteiger partial charge in [-0.05, 0) is 29.3 Å². The van der Waals surface area contributed by atoms with Gasteiger partial charge in [0, 0.05) is 0 Å². The molecule has 1 aliphatic rings. The average Bonchev–Trinajstić information content (AvgIpc) is 2.38. The van der Waals surface area contributed by atoms with Gasteiger partial charge in [-0.1, -0.05) is 24.3 Å². The zero-order valence-electron chi connectivity index (χ0n) is 10.2. The van der Waals surface area contributed by atoms with Gasteiger partial charge in [-0.15, -0.1) is 0 Å². The molecule has 20 heavy (non-hydrogen) atoms. The molecule has 0 saturated carbocycles. The highest BCUT2D eigenvalue weighted by Crippen LogP contribution is 2.30. The maximum atomic E-state index is 11.0. The molecule has 1 unspecified atom stereocenters. The second-order valence-electron chi connectivity index (χ2n) is 4.44. The van der Waals surface area contributed by atoms with Crippen LogP contribution in [0.2, 0.25) is 0 Å². The van der Waals surface area contributed by atoms with Gasteiger partial charge in [-0.25, -0.2) is 4.79 Å². The first-order valence-electron chi connectivity index (χ1n) is 5.73. The van der Waals surface area contributed by atoms with Crippen LogP contribution in [-0.4, -0.2) is 38.2 Å². The largest absolute Gasteiger partial charge is 0.481 e. The number of hydrogen-bond acceptors (Lipinski definition) is 4. The molecule has 0 amide bonds. The van der Waals surface area contributed by atoms with Crippen molar-refractivity contribution in [3.8, 4) is 0 Å². The molecule has 1 atom stereocenters. The third-order valence-electron chi connectivity index (χ3n) is 3.02. The summed E-state index contributed by atoms with van der Waals surface area (Å²) in [6.45, 7) is 0. The van der Waals surface area contributed by atoms with Crippen molar-refractivity contribution in [2.75, 3.05) is 0 Å². The molecule has 0 heterocycles. The Morgan fingerprint density at radius 3 is 2.45 bits per heavy atom. The predicted octanol–water partition coefficient (Wildman–Crippen LogP) is 0.720. The monoisotopic (exact) mass is 276 g/mol. The number of aliphatic hydroxyl groups is 2. The van der Waals surface area contributed by atoms with E-state index in [0.717, 1.165) is 6.08 Å². The fourth-order valence-corrected chi connectivity index (χ4v) is 1.95. The smallest absolute Gasteiger partial charge is 0.335 e. The molecule has 1 aromatic carbocycles. The number of carboxylic acid groups (broad SMARTS) is 2. The van der Waals surface area contributed by atoms with Crippen molar-refractivity contribution in [3.05, 3.63) is 53.6 Å². The van der Waals surface area contributed by atoms with Gasteiger partial charge < -0.3 is 20.4 Å². The Hall–Kier alpha value is -2.44. The number of aliphatic carboxylic acids is 1. The molecule has 0 radical (unpaired) electrons. The van der Waals surface area contributed by atoms with Crippen LogP contribution >= 0.6 is 0 Å². The summed E-state index contributed by atoms with van der Waals surface area (Å²) in [6.07, 6.45) is 3.50. The van der Waals surface area contributed by atoms with E-state index in [0.29, 0.717) is 11.1 Å². The van der Waals surface area contributed by atoms with Crippen molar-refractivity contribution < 1.29 is 30.0 Å². The van der Waals surface area contributed by atoms with Gasteiger partial charge in [-0.3, -0.25) is 4.79 Å². The highest BCUT2D eigenvalue weighted by Gasteiger charge is 2.38. The Bertz CT molecular complexity index is 626. The summed E-state index contributed by atoms with van der Waals surface area (Å²) in [5, 5.41) is 37.0. The van der Waals surface area contributed by atoms with Crippen molar-refractivity contribution in [1.82, 2.24) is 0 Å². The molecule has 0 aromatic heterocycles. The van der Waals surface area contributed by atoms with Crippen molar-refractivity contribution in [3.63, 3.8) is 0 Å². The summed E-state index contributed by atoms with van der Waals surface area (Å²) in [6, 6.07) is 5.95. The summed E-state index contributed by atoms with van der Waals surface area (Å²) in [4.78, 5) is 21.9. The summed E-state index contributed by atoms with van der Waals surface area (Å²) >= 11 is 0. The first-order chi connectivity index (χ1) is 9.31. The van der Waals surface area contributed by atoms with Crippen molar-refractivity contribution in [2.24, 2.45) is 5.92 Å². The molecule has 4 N–H and O–H groups in total. The van der Waals surface area contributed by atoms with E-state index < -0.39 is 23.6 Å². The van der Waals surface area contributed by atoms with Gasteiger partial charge >= 0.3 is 11.9 Å². The first kappa shape index (κ1) is 14.0. The van der Waals surface area contributed by atoms with Crippen LogP contribution in [0.25, 0.3) is 5.57 Å². The lowest BCUT2D eigenvalue weighted by molar-refractivity contribution is -0.176. The summed E-state index contributed by atoms with van der Waals surface area (Å²) in [7, 11) is 0. The third-order valence-corrected chi connectivity index (χ3v) is 3.02. The number of hydrogen-bond donors (Lipinski definition) is 4. The topological polar surface area (TPSA) is 115 Å². The Kier molecular flexibility index (Phi) is 3.44. The minimum Gasteiger partial charge on any atom is -0.481 e. The summed E-state index contributed by atoms with van der Waals surface area (Å²) < 4.78 is 0. The Morgan fingerprint density at radius 1 is 1.15 bits per heavy atom. The highest BCUT2D eigenvalue weighted by atomic mass is 16.5. The van der Waals surface area contributed by atoms with Gasteiger partial charge in [0.15, 0.2) is 5.79 Å². The van der Waals surface area contributed by atoms with E-state index in [4.69, 9.17) is 10.2 Å². The molecular formula is C14H12O6. The van der Waals surface area contributed by atoms with E-state index in [1.807, 2.05) is 0 Å².